The number of rotatable bonds is 4. The molecule has 1 aromatic heterocycles. The molecule has 0 aliphatic carbocycles. The van der Waals surface area contributed by atoms with Gasteiger partial charge < -0.3 is 4.74 Å². The van der Waals surface area contributed by atoms with Crippen LogP contribution >= 0.6 is 0 Å². The van der Waals surface area contributed by atoms with E-state index in [-0.39, 0.29) is 11.9 Å². The molecule has 0 unspecified atom stereocenters. The maximum absolute atomic E-state index is 13.2. The predicted octanol–water partition coefficient (Wildman–Crippen LogP) is 3.89. The van der Waals surface area contributed by atoms with Crippen molar-refractivity contribution < 1.29 is 9.13 Å². The van der Waals surface area contributed by atoms with Crippen molar-refractivity contribution in [2.75, 3.05) is 19.7 Å². The molecule has 0 bridgehead atoms. The third-order valence-corrected chi connectivity index (χ3v) is 4.77. The Kier molecular flexibility index (Phi) is 4.82. The Morgan fingerprint density at radius 2 is 2.04 bits per heavy atom. The van der Waals surface area contributed by atoms with Crippen LogP contribution in [0.3, 0.4) is 0 Å². The molecule has 2 heterocycles. The zero-order chi connectivity index (χ0) is 17.9. The number of halogens is 1. The molecule has 5 heteroatoms. The van der Waals surface area contributed by atoms with Crippen molar-refractivity contribution in [2.24, 2.45) is 0 Å². The van der Waals surface area contributed by atoms with E-state index in [1.807, 2.05) is 29.1 Å². The van der Waals surface area contributed by atoms with Crippen LogP contribution in [-0.4, -0.2) is 34.4 Å². The van der Waals surface area contributed by atoms with E-state index in [0.717, 1.165) is 30.9 Å². The molecule has 1 atom stereocenters. The van der Waals surface area contributed by atoms with Crippen LogP contribution in [0, 0.1) is 12.7 Å². The number of nitrogens with zero attached hydrogens (tertiary/aromatic N) is 3. The monoisotopic (exact) mass is 351 g/mol. The molecule has 0 radical (unpaired) electrons. The normalized spacial score (nSPS) is 18.2. The first-order valence-corrected chi connectivity index (χ1v) is 8.88. The average molecular weight is 351 g/mol. The van der Waals surface area contributed by atoms with Gasteiger partial charge in [0.25, 0.3) is 0 Å². The minimum atomic E-state index is -0.218. The summed E-state index contributed by atoms with van der Waals surface area (Å²) in [6.45, 7) is 5.28. The van der Waals surface area contributed by atoms with E-state index in [0.29, 0.717) is 6.61 Å². The van der Waals surface area contributed by atoms with Gasteiger partial charge in [0.05, 0.1) is 18.4 Å². The van der Waals surface area contributed by atoms with Crippen molar-refractivity contribution >= 4 is 0 Å². The second-order valence-corrected chi connectivity index (χ2v) is 6.73. The largest absolute Gasteiger partial charge is 0.371 e. The van der Waals surface area contributed by atoms with E-state index >= 15 is 0 Å². The summed E-state index contributed by atoms with van der Waals surface area (Å²) < 4.78 is 21.0. The third kappa shape index (κ3) is 3.69. The van der Waals surface area contributed by atoms with Gasteiger partial charge in [-0.1, -0.05) is 29.8 Å². The van der Waals surface area contributed by atoms with E-state index in [1.54, 1.807) is 6.20 Å². The molecule has 26 heavy (non-hydrogen) atoms. The summed E-state index contributed by atoms with van der Waals surface area (Å²) in [6.07, 6.45) is 3.74. The number of hydrogen-bond acceptors (Lipinski definition) is 3. The summed E-state index contributed by atoms with van der Waals surface area (Å²) in [5.41, 5.74) is 4.60. The first-order chi connectivity index (χ1) is 12.7. The van der Waals surface area contributed by atoms with Crippen molar-refractivity contribution in [1.29, 1.82) is 0 Å². The highest BCUT2D eigenvalue weighted by Crippen LogP contribution is 2.25. The van der Waals surface area contributed by atoms with Crippen LogP contribution in [0.2, 0.25) is 0 Å². The van der Waals surface area contributed by atoms with Crippen LogP contribution in [0.15, 0.2) is 60.9 Å². The van der Waals surface area contributed by atoms with E-state index in [1.165, 1.54) is 23.3 Å². The third-order valence-electron chi connectivity index (χ3n) is 4.77. The minimum Gasteiger partial charge on any atom is -0.371 e. The van der Waals surface area contributed by atoms with Gasteiger partial charge in [-0.2, -0.15) is 5.10 Å². The number of hydrogen-bond donors (Lipinski definition) is 0. The smallest absolute Gasteiger partial charge is 0.123 e. The van der Waals surface area contributed by atoms with Gasteiger partial charge in [0.15, 0.2) is 0 Å². The Bertz CT molecular complexity index is 861. The van der Waals surface area contributed by atoms with E-state index < -0.39 is 0 Å². The fourth-order valence-electron chi connectivity index (χ4n) is 3.44. The molecule has 0 saturated carbocycles. The fraction of sp³-hybridized carbons (Fsp3) is 0.286. The van der Waals surface area contributed by atoms with E-state index in [2.05, 4.69) is 35.1 Å². The molecule has 0 spiro atoms. The molecule has 1 aliphatic rings. The van der Waals surface area contributed by atoms with E-state index in [4.69, 9.17) is 4.74 Å². The molecule has 1 aliphatic heterocycles. The molecular weight excluding hydrogens is 329 g/mol. The Morgan fingerprint density at radius 3 is 2.81 bits per heavy atom. The molecule has 0 N–H and O–H groups in total. The van der Waals surface area contributed by atoms with Crippen molar-refractivity contribution in [3.05, 3.63) is 83.4 Å². The highest BCUT2D eigenvalue weighted by Gasteiger charge is 2.23. The lowest BCUT2D eigenvalue weighted by atomic mass is 10.1. The zero-order valence-electron chi connectivity index (χ0n) is 14.8. The van der Waals surface area contributed by atoms with Crippen molar-refractivity contribution in [3.63, 3.8) is 0 Å². The fourth-order valence-corrected chi connectivity index (χ4v) is 3.44. The van der Waals surface area contributed by atoms with Crippen molar-refractivity contribution in [2.45, 2.75) is 19.6 Å². The number of benzene rings is 2. The maximum Gasteiger partial charge on any atom is 0.123 e. The molecule has 4 nitrogen and oxygen atoms in total. The van der Waals surface area contributed by atoms with Crippen LogP contribution in [-0.2, 0) is 11.3 Å². The molecular formula is C21H22FN3O. The summed E-state index contributed by atoms with van der Waals surface area (Å²) >= 11 is 0. The highest BCUT2D eigenvalue weighted by molar-refractivity contribution is 5.42. The van der Waals surface area contributed by atoms with Crippen LogP contribution < -0.4 is 0 Å². The summed E-state index contributed by atoms with van der Waals surface area (Å²) in [4.78, 5) is 2.39. The molecule has 2 aromatic carbocycles. The second-order valence-electron chi connectivity index (χ2n) is 6.73. The van der Waals surface area contributed by atoms with Gasteiger partial charge in [0.1, 0.15) is 5.82 Å². The van der Waals surface area contributed by atoms with E-state index in [9.17, 15) is 4.39 Å². The van der Waals surface area contributed by atoms with Gasteiger partial charge >= 0.3 is 0 Å². The highest BCUT2D eigenvalue weighted by atomic mass is 19.1. The molecule has 134 valence electrons. The minimum absolute atomic E-state index is 0.0256. The first kappa shape index (κ1) is 16.9. The topological polar surface area (TPSA) is 30.3 Å². The molecule has 4 rings (SSSR count). The number of aromatic nitrogens is 2. The van der Waals surface area contributed by atoms with Gasteiger partial charge in [-0.15, -0.1) is 0 Å². The number of aryl methyl sites for hydroxylation is 1. The summed E-state index contributed by atoms with van der Waals surface area (Å²) in [5, 5.41) is 4.38. The van der Waals surface area contributed by atoms with Crippen molar-refractivity contribution in [3.8, 4) is 5.69 Å². The molecule has 1 fully saturated rings. The standard InChI is InChI=1S/C21H22FN3O/c1-16-3-8-20(25-10-2-9-23-25)18(13-16)14-24-11-12-26-21(15-24)17-4-6-19(22)7-5-17/h2-10,13,21H,11-12,14-15H2,1H3/t21-/m0/s1. The predicted molar refractivity (Wildman–Crippen MR) is 98.7 cm³/mol. The number of morpholine rings is 1. The van der Waals surface area contributed by atoms with Crippen LogP contribution in [0.25, 0.3) is 5.69 Å². The van der Waals surface area contributed by atoms with Gasteiger partial charge in [0, 0.05) is 32.0 Å². The van der Waals surface area contributed by atoms with Gasteiger partial charge in [0.2, 0.25) is 0 Å². The van der Waals surface area contributed by atoms with Crippen LogP contribution in [0.4, 0.5) is 4.39 Å². The summed E-state index contributed by atoms with van der Waals surface area (Å²) in [5.74, 6) is -0.218. The van der Waals surface area contributed by atoms with Crippen LogP contribution in [0.5, 0.6) is 0 Å². The quantitative estimate of drug-likeness (QED) is 0.714. The zero-order valence-corrected chi connectivity index (χ0v) is 14.8. The first-order valence-electron chi connectivity index (χ1n) is 8.88. The van der Waals surface area contributed by atoms with Crippen molar-refractivity contribution in [1.82, 2.24) is 14.7 Å². The average Bonchev–Trinajstić information content (AvgIpc) is 3.17. The van der Waals surface area contributed by atoms with Gasteiger partial charge in [-0.25, -0.2) is 9.07 Å². The lowest BCUT2D eigenvalue weighted by Gasteiger charge is -2.33. The Hall–Kier alpha value is -2.50. The summed E-state index contributed by atoms with van der Waals surface area (Å²) in [7, 11) is 0. The lowest BCUT2D eigenvalue weighted by molar-refractivity contribution is -0.0329. The Labute approximate surface area is 152 Å². The van der Waals surface area contributed by atoms with Gasteiger partial charge in [-0.05, 0) is 42.3 Å². The summed E-state index contributed by atoms with van der Waals surface area (Å²) in [6, 6.07) is 15.0. The Morgan fingerprint density at radius 1 is 1.19 bits per heavy atom. The maximum atomic E-state index is 13.2. The second kappa shape index (κ2) is 7.40. The molecule has 0 amide bonds. The molecule has 3 aromatic rings. The number of ether oxygens (including phenoxy) is 1. The Balaban J connectivity index is 1.54. The molecule has 1 saturated heterocycles. The lowest BCUT2D eigenvalue weighted by Crippen LogP contribution is -2.38. The van der Waals surface area contributed by atoms with Gasteiger partial charge in [-0.3, -0.25) is 4.90 Å². The van der Waals surface area contributed by atoms with Crippen LogP contribution in [0.1, 0.15) is 22.8 Å². The SMILES string of the molecule is Cc1ccc(-n2cccn2)c(CN2CCO[C@H](c3ccc(F)cc3)C2)c1.